The van der Waals surface area contributed by atoms with E-state index in [1.807, 2.05) is 12.1 Å². The minimum atomic E-state index is -0.462. The SMILES string of the molecule is C[C@H](Nc1ncnc2c(C(N)=O)cccc12)C1CCCCC1. The van der Waals surface area contributed by atoms with E-state index in [-0.39, 0.29) is 0 Å². The molecule has 1 aromatic heterocycles. The average molecular weight is 298 g/mol. The van der Waals surface area contributed by atoms with Crippen LogP contribution < -0.4 is 11.1 Å². The van der Waals surface area contributed by atoms with Crippen molar-refractivity contribution < 1.29 is 4.79 Å². The van der Waals surface area contributed by atoms with Gasteiger partial charge in [0.05, 0.1) is 11.1 Å². The normalized spacial score (nSPS) is 17.3. The van der Waals surface area contributed by atoms with Crippen molar-refractivity contribution in [3.63, 3.8) is 0 Å². The topological polar surface area (TPSA) is 80.9 Å². The van der Waals surface area contributed by atoms with Gasteiger partial charge >= 0.3 is 0 Å². The Labute approximate surface area is 130 Å². The monoisotopic (exact) mass is 298 g/mol. The molecule has 0 saturated heterocycles. The van der Waals surface area contributed by atoms with E-state index in [4.69, 9.17) is 5.73 Å². The van der Waals surface area contributed by atoms with Crippen LogP contribution in [0.25, 0.3) is 10.9 Å². The minimum Gasteiger partial charge on any atom is -0.367 e. The molecule has 0 radical (unpaired) electrons. The summed E-state index contributed by atoms with van der Waals surface area (Å²) >= 11 is 0. The zero-order valence-electron chi connectivity index (χ0n) is 12.9. The van der Waals surface area contributed by atoms with Gasteiger partial charge in [-0.15, -0.1) is 0 Å². The highest BCUT2D eigenvalue weighted by Crippen LogP contribution is 2.29. The molecule has 1 aromatic carbocycles. The van der Waals surface area contributed by atoms with Crippen LogP contribution in [0.5, 0.6) is 0 Å². The molecular weight excluding hydrogens is 276 g/mol. The third-order valence-electron chi connectivity index (χ3n) is 4.65. The second-order valence-corrected chi connectivity index (χ2v) is 6.12. The minimum absolute atomic E-state index is 0.357. The summed E-state index contributed by atoms with van der Waals surface area (Å²) in [5.74, 6) is 1.000. The lowest BCUT2D eigenvalue weighted by molar-refractivity contribution is 0.100. The Morgan fingerprint density at radius 3 is 2.77 bits per heavy atom. The number of nitrogens with zero attached hydrogens (tertiary/aromatic N) is 2. The number of carbonyl (C=O) groups is 1. The lowest BCUT2D eigenvalue weighted by Gasteiger charge is -2.28. The van der Waals surface area contributed by atoms with Crippen LogP contribution in [-0.2, 0) is 0 Å². The summed E-state index contributed by atoms with van der Waals surface area (Å²) in [6, 6.07) is 5.81. The quantitative estimate of drug-likeness (QED) is 0.908. The molecule has 1 aliphatic carbocycles. The zero-order valence-corrected chi connectivity index (χ0v) is 12.9. The van der Waals surface area contributed by atoms with Crippen molar-refractivity contribution in [1.82, 2.24) is 9.97 Å². The van der Waals surface area contributed by atoms with Crippen LogP contribution in [0, 0.1) is 5.92 Å². The first-order valence-corrected chi connectivity index (χ1v) is 7.97. The second kappa shape index (κ2) is 6.30. The fourth-order valence-electron chi connectivity index (χ4n) is 3.37. The lowest BCUT2D eigenvalue weighted by atomic mass is 9.84. The fourth-order valence-corrected chi connectivity index (χ4v) is 3.37. The number of hydrogen-bond acceptors (Lipinski definition) is 4. The van der Waals surface area contributed by atoms with Gasteiger partial charge in [0.2, 0.25) is 0 Å². The summed E-state index contributed by atoms with van der Waals surface area (Å²) < 4.78 is 0. The molecule has 1 heterocycles. The number of anilines is 1. The molecule has 5 nitrogen and oxygen atoms in total. The summed E-state index contributed by atoms with van der Waals surface area (Å²) in [5, 5.41) is 4.37. The molecule has 2 aromatic rings. The predicted molar refractivity (Wildman–Crippen MR) is 87.7 cm³/mol. The van der Waals surface area contributed by atoms with Crippen molar-refractivity contribution in [1.29, 1.82) is 0 Å². The molecule has 0 aliphatic heterocycles. The van der Waals surface area contributed by atoms with E-state index in [9.17, 15) is 4.79 Å². The molecule has 1 amide bonds. The first-order chi connectivity index (χ1) is 10.7. The van der Waals surface area contributed by atoms with Crippen molar-refractivity contribution in [3.8, 4) is 0 Å². The number of nitrogens with one attached hydrogen (secondary N) is 1. The van der Waals surface area contributed by atoms with Crippen LogP contribution in [0.1, 0.15) is 49.4 Å². The predicted octanol–water partition coefficient (Wildman–Crippen LogP) is 3.11. The Morgan fingerprint density at radius 1 is 1.27 bits per heavy atom. The molecular formula is C17H22N4O. The molecule has 116 valence electrons. The third-order valence-corrected chi connectivity index (χ3v) is 4.65. The molecule has 3 N–H and O–H groups in total. The Hall–Kier alpha value is -2.17. The average Bonchev–Trinajstić information content (AvgIpc) is 2.55. The Bertz CT molecular complexity index is 679. The number of aromatic nitrogens is 2. The van der Waals surface area contributed by atoms with Crippen LogP contribution in [0.3, 0.4) is 0 Å². The number of carbonyl (C=O) groups excluding carboxylic acids is 1. The molecule has 1 aliphatic rings. The molecule has 0 bridgehead atoms. The van der Waals surface area contributed by atoms with Gasteiger partial charge in [-0.1, -0.05) is 25.3 Å². The maximum Gasteiger partial charge on any atom is 0.250 e. The molecule has 5 heteroatoms. The molecule has 0 unspecified atom stereocenters. The number of amides is 1. The highest BCUT2D eigenvalue weighted by Gasteiger charge is 2.21. The molecule has 1 fully saturated rings. The summed E-state index contributed by atoms with van der Waals surface area (Å²) in [6.45, 7) is 2.21. The van der Waals surface area contributed by atoms with E-state index in [1.54, 1.807) is 6.07 Å². The number of primary amides is 1. The van der Waals surface area contributed by atoms with Gasteiger partial charge in [0.1, 0.15) is 12.1 Å². The summed E-state index contributed by atoms with van der Waals surface area (Å²) in [4.78, 5) is 20.1. The summed E-state index contributed by atoms with van der Waals surface area (Å²) in [5.41, 5.74) is 6.48. The van der Waals surface area contributed by atoms with Gasteiger partial charge in [0.15, 0.2) is 0 Å². The number of benzene rings is 1. The molecule has 3 rings (SSSR count). The molecule has 1 atom stereocenters. The number of para-hydroxylation sites is 1. The van der Waals surface area contributed by atoms with Gasteiger partial charge in [-0.3, -0.25) is 4.79 Å². The Kier molecular flexibility index (Phi) is 4.22. The number of rotatable bonds is 4. The first kappa shape index (κ1) is 14.8. The van der Waals surface area contributed by atoms with Gasteiger partial charge in [-0.05, 0) is 37.8 Å². The van der Waals surface area contributed by atoms with Gasteiger partial charge in [0, 0.05) is 11.4 Å². The lowest BCUT2D eigenvalue weighted by Crippen LogP contribution is -2.28. The largest absolute Gasteiger partial charge is 0.367 e. The van der Waals surface area contributed by atoms with Crippen LogP contribution >= 0.6 is 0 Å². The van der Waals surface area contributed by atoms with E-state index >= 15 is 0 Å². The summed E-state index contributed by atoms with van der Waals surface area (Å²) in [6.07, 6.45) is 8.00. The Balaban J connectivity index is 1.90. The maximum atomic E-state index is 11.5. The molecule has 1 saturated carbocycles. The summed E-state index contributed by atoms with van der Waals surface area (Å²) in [7, 11) is 0. The van der Waals surface area contributed by atoms with Crippen molar-refractivity contribution in [2.75, 3.05) is 5.32 Å². The fraction of sp³-hybridized carbons (Fsp3) is 0.471. The van der Waals surface area contributed by atoms with Crippen molar-refractivity contribution >= 4 is 22.6 Å². The van der Waals surface area contributed by atoms with E-state index < -0.39 is 5.91 Å². The van der Waals surface area contributed by atoms with Crippen molar-refractivity contribution in [2.45, 2.75) is 45.1 Å². The number of nitrogens with two attached hydrogens (primary N) is 1. The van der Waals surface area contributed by atoms with Crippen molar-refractivity contribution in [3.05, 3.63) is 30.1 Å². The van der Waals surface area contributed by atoms with Gasteiger partial charge in [-0.25, -0.2) is 9.97 Å². The second-order valence-electron chi connectivity index (χ2n) is 6.12. The first-order valence-electron chi connectivity index (χ1n) is 7.97. The van der Waals surface area contributed by atoms with E-state index in [0.717, 1.165) is 11.2 Å². The third kappa shape index (κ3) is 2.89. The highest BCUT2D eigenvalue weighted by atomic mass is 16.1. The van der Waals surface area contributed by atoms with Crippen LogP contribution in [0.15, 0.2) is 24.5 Å². The van der Waals surface area contributed by atoms with Gasteiger partial charge in [-0.2, -0.15) is 0 Å². The van der Waals surface area contributed by atoms with Crippen LogP contribution in [0.2, 0.25) is 0 Å². The molecule has 0 spiro atoms. The van der Waals surface area contributed by atoms with E-state index in [1.165, 1.54) is 38.4 Å². The smallest absolute Gasteiger partial charge is 0.250 e. The van der Waals surface area contributed by atoms with E-state index in [2.05, 4.69) is 22.2 Å². The standard InChI is InChI=1S/C17H22N4O/c1-11(12-6-3-2-4-7-12)21-17-14-9-5-8-13(16(18)22)15(14)19-10-20-17/h5,8-12H,2-4,6-7H2,1H3,(H2,18,22)(H,19,20,21)/t11-/m0/s1. The van der Waals surface area contributed by atoms with E-state index in [0.29, 0.717) is 23.0 Å². The van der Waals surface area contributed by atoms with Gasteiger partial charge < -0.3 is 11.1 Å². The van der Waals surface area contributed by atoms with Crippen molar-refractivity contribution in [2.24, 2.45) is 11.7 Å². The molecule has 22 heavy (non-hydrogen) atoms. The highest BCUT2D eigenvalue weighted by molar-refractivity contribution is 6.06. The van der Waals surface area contributed by atoms with Crippen LogP contribution in [0.4, 0.5) is 5.82 Å². The number of fused-ring (bicyclic) bond motifs is 1. The maximum absolute atomic E-state index is 11.5. The zero-order chi connectivity index (χ0) is 15.5. The Morgan fingerprint density at radius 2 is 2.05 bits per heavy atom. The van der Waals surface area contributed by atoms with Crippen LogP contribution in [-0.4, -0.2) is 21.9 Å². The van der Waals surface area contributed by atoms with Gasteiger partial charge in [0.25, 0.3) is 5.91 Å². The number of hydrogen-bond donors (Lipinski definition) is 2.